The fourth-order valence-corrected chi connectivity index (χ4v) is 4.14. The number of methoxy groups -OCH3 is 1. The van der Waals surface area contributed by atoms with E-state index >= 15 is 0 Å². The maximum Gasteiger partial charge on any atom is 0.243 e. The standard InChI is InChI=1S/C20H25ClN2O4S/c1-15(23(28(3,25)26)18-10-8-17(21)9-11-18)20(24)22-14-4-5-16-6-12-19(27-2)13-7-16/h6-13,15H,4-5,14H2,1-3H3,(H,22,24)/t15-/m1/s1. The van der Waals surface area contributed by atoms with Gasteiger partial charge < -0.3 is 10.1 Å². The summed E-state index contributed by atoms with van der Waals surface area (Å²) in [5.74, 6) is 0.448. The Morgan fingerprint density at radius 1 is 1.14 bits per heavy atom. The number of hydrogen-bond donors (Lipinski definition) is 1. The van der Waals surface area contributed by atoms with E-state index in [1.54, 1.807) is 38.3 Å². The molecule has 1 amide bonds. The summed E-state index contributed by atoms with van der Waals surface area (Å²) in [6.45, 7) is 2.02. The van der Waals surface area contributed by atoms with Crippen LogP contribution < -0.4 is 14.4 Å². The van der Waals surface area contributed by atoms with Crippen LogP contribution in [0, 0.1) is 0 Å². The van der Waals surface area contributed by atoms with Gasteiger partial charge in [-0.2, -0.15) is 0 Å². The summed E-state index contributed by atoms with van der Waals surface area (Å²) in [5, 5.41) is 3.31. The Bertz CT molecular complexity index is 883. The van der Waals surface area contributed by atoms with Gasteiger partial charge in [0, 0.05) is 11.6 Å². The molecule has 0 aromatic heterocycles. The number of nitrogens with zero attached hydrogens (tertiary/aromatic N) is 1. The van der Waals surface area contributed by atoms with E-state index in [1.807, 2.05) is 24.3 Å². The van der Waals surface area contributed by atoms with Crippen LogP contribution in [0.1, 0.15) is 18.9 Å². The molecule has 2 aromatic carbocycles. The minimum atomic E-state index is -3.64. The van der Waals surface area contributed by atoms with Gasteiger partial charge in [-0.25, -0.2) is 8.42 Å². The first-order chi connectivity index (χ1) is 13.2. The van der Waals surface area contributed by atoms with Crippen molar-refractivity contribution in [3.05, 3.63) is 59.1 Å². The zero-order chi connectivity index (χ0) is 20.7. The molecule has 28 heavy (non-hydrogen) atoms. The molecule has 0 aliphatic rings. The van der Waals surface area contributed by atoms with Crippen molar-refractivity contribution in [1.82, 2.24) is 5.32 Å². The molecule has 0 saturated carbocycles. The fourth-order valence-electron chi connectivity index (χ4n) is 2.84. The summed E-state index contributed by atoms with van der Waals surface area (Å²) in [4.78, 5) is 12.5. The van der Waals surface area contributed by atoms with Crippen LogP contribution in [0.15, 0.2) is 48.5 Å². The summed E-state index contributed by atoms with van der Waals surface area (Å²) < 4.78 is 30.7. The molecule has 2 rings (SSSR count). The summed E-state index contributed by atoms with van der Waals surface area (Å²) in [7, 11) is -2.02. The SMILES string of the molecule is COc1ccc(CCCNC(=O)[C@@H](C)N(c2ccc(Cl)cc2)S(C)(=O)=O)cc1. The molecule has 8 heteroatoms. The number of carbonyl (C=O) groups excluding carboxylic acids is 1. The lowest BCUT2D eigenvalue weighted by atomic mass is 10.1. The highest BCUT2D eigenvalue weighted by Crippen LogP contribution is 2.23. The molecular weight excluding hydrogens is 400 g/mol. The Balaban J connectivity index is 1.94. The second-order valence-electron chi connectivity index (χ2n) is 6.45. The normalized spacial score (nSPS) is 12.3. The van der Waals surface area contributed by atoms with Gasteiger partial charge in [-0.3, -0.25) is 9.10 Å². The van der Waals surface area contributed by atoms with Gasteiger partial charge in [-0.1, -0.05) is 23.7 Å². The van der Waals surface area contributed by atoms with E-state index in [0.717, 1.165) is 34.7 Å². The Labute approximate surface area is 171 Å². The van der Waals surface area contributed by atoms with Crippen molar-refractivity contribution in [2.24, 2.45) is 0 Å². The van der Waals surface area contributed by atoms with Crippen LogP contribution in [0.2, 0.25) is 5.02 Å². The van der Waals surface area contributed by atoms with Gasteiger partial charge in [-0.15, -0.1) is 0 Å². The summed E-state index contributed by atoms with van der Waals surface area (Å²) in [6, 6.07) is 13.2. The van der Waals surface area contributed by atoms with Gasteiger partial charge in [0.25, 0.3) is 0 Å². The zero-order valence-corrected chi connectivity index (χ0v) is 17.8. The van der Waals surface area contributed by atoms with E-state index in [-0.39, 0.29) is 5.91 Å². The number of halogens is 1. The van der Waals surface area contributed by atoms with Gasteiger partial charge in [0.05, 0.1) is 19.1 Å². The molecule has 1 N–H and O–H groups in total. The van der Waals surface area contributed by atoms with Gasteiger partial charge in [-0.05, 0) is 61.7 Å². The van der Waals surface area contributed by atoms with E-state index in [9.17, 15) is 13.2 Å². The highest BCUT2D eigenvalue weighted by atomic mass is 35.5. The van der Waals surface area contributed by atoms with Crippen molar-refractivity contribution < 1.29 is 17.9 Å². The highest BCUT2D eigenvalue weighted by Gasteiger charge is 2.28. The van der Waals surface area contributed by atoms with Crippen molar-refractivity contribution >= 4 is 33.2 Å². The number of benzene rings is 2. The number of carbonyl (C=O) groups is 1. The summed E-state index contributed by atoms with van der Waals surface area (Å²) in [5.41, 5.74) is 1.54. The van der Waals surface area contributed by atoms with Gasteiger partial charge >= 0.3 is 0 Å². The predicted octanol–water partition coefficient (Wildman–Crippen LogP) is 3.25. The molecule has 0 aliphatic carbocycles. The lowest BCUT2D eigenvalue weighted by Crippen LogP contribution is -2.48. The minimum absolute atomic E-state index is 0.352. The monoisotopic (exact) mass is 424 g/mol. The molecule has 1 atom stereocenters. The van der Waals surface area contributed by atoms with Crippen molar-refractivity contribution in [1.29, 1.82) is 0 Å². The molecule has 0 heterocycles. The van der Waals surface area contributed by atoms with E-state index < -0.39 is 16.1 Å². The van der Waals surface area contributed by atoms with E-state index in [4.69, 9.17) is 16.3 Å². The molecular formula is C20H25ClN2O4S. The third kappa shape index (κ3) is 6.14. The molecule has 0 spiro atoms. The fraction of sp³-hybridized carbons (Fsp3) is 0.350. The molecule has 0 fully saturated rings. The first kappa shape index (κ1) is 22.0. The van der Waals surface area contributed by atoms with Crippen molar-refractivity contribution in [2.75, 3.05) is 24.2 Å². The zero-order valence-electron chi connectivity index (χ0n) is 16.2. The highest BCUT2D eigenvalue weighted by molar-refractivity contribution is 7.92. The quantitative estimate of drug-likeness (QED) is 0.627. The molecule has 0 aliphatic heterocycles. The molecule has 0 saturated heterocycles. The van der Waals surface area contributed by atoms with Gasteiger partial charge in [0.15, 0.2) is 0 Å². The van der Waals surface area contributed by atoms with Gasteiger partial charge in [0.2, 0.25) is 15.9 Å². The molecule has 0 bridgehead atoms. The van der Waals surface area contributed by atoms with E-state index in [0.29, 0.717) is 17.3 Å². The number of aryl methyl sites for hydroxylation is 1. The minimum Gasteiger partial charge on any atom is -0.497 e. The topological polar surface area (TPSA) is 75.7 Å². The second kappa shape index (κ2) is 9.80. The lowest BCUT2D eigenvalue weighted by Gasteiger charge is -2.28. The number of amides is 1. The van der Waals surface area contributed by atoms with E-state index in [2.05, 4.69) is 5.32 Å². The summed E-state index contributed by atoms with van der Waals surface area (Å²) in [6.07, 6.45) is 2.62. The maximum absolute atomic E-state index is 12.5. The van der Waals surface area contributed by atoms with Crippen LogP contribution in [0.25, 0.3) is 0 Å². The Kier molecular flexibility index (Phi) is 7.71. The van der Waals surface area contributed by atoms with Crippen LogP contribution in [0.4, 0.5) is 5.69 Å². The Morgan fingerprint density at radius 3 is 2.29 bits per heavy atom. The van der Waals surface area contributed by atoms with Crippen LogP contribution in [0.3, 0.4) is 0 Å². The lowest BCUT2D eigenvalue weighted by molar-refractivity contribution is -0.121. The third-order valence-electron chi connectivity index (χ3n) is 4.27. The maximum atomic E-state index is 12.5. The van der Waals surface area contributed by atoms with E-state index in [1.165, 1.54) is 0 Å². The number of sulfonamides is 1. The van der Waals surface area contributed by atoms with Crippen LogP contribution in [-0.2, 0) is 21.2 Å². The smallest absolute Gasteiger partial charge is 0.243 e. The average molecular weight is 425 g/mol. The number of rotatable bonds is 9. The first-order valence-corrected chi connectivity index (χ1v) is 11.1. The summed E-state index contributed by atoms with van der Waals surface area (Å²) >= 11 is 5.87. The number of hydrogen-bond acceptors (Lipinski definition) is 4. The largest absolute Gasteiger partial charge is 0.497 e. The average Bonchev–Trinajstić information content (AvgIpc) is 2.66. The first-order valence-electron chi connectivity index (χ1n) is 8.88. The molecule has 0 unspecified atom stereocenters. The van der Waals surface area contributed by atoms with Crippen molar-refractivity contribution in [3.8, 4) is 5.75 Å². The van der Waals surface area contributed by atoms with Crippen LogP contribution in [0.5, 0.6) is 5.75 Å². The van der Waals surface area contributed by atoms with Crippen LogP contribution in [-0.4, -0.2) is 40.3 Å². The molecule has 6 nitrogen and oxygen atoms in total. The Hall–Kier alpha value is -2.25. The third-order valence-corrected chi connectivity index (χ3v) is 5.76. The number of ether oxygens (including phenoxy) is 1. The number of nitrogens with one attached hydrogen (secondary N) is 1. The van der Waals surface area contributed by atoms with Crippen molar-refractivity contribution in [2.45, 2.75) is 25.8 Å². The number of anilines is 1. The van der Waals surface area contributed by atoms with Crippen molar-refractivity contribution in [3.63, 3.8) is 0 Å². The van der Waals surface area contributed by atoms with Crippen LogP contribution >= 0.6 is 11.6 Å². The Morgan fingerprint density at radius 2 is 1.75 bits per heavy atom. The van der Waals surface area contributed by atoms with Gasteiger partial charge in [0.1, 0.15) is 11.8 Å². The molecule has 0 radical (unpaired) electrons. The molecule has 2 aromatic rings. The predicted molar refractivity (Wildman–Crippen MR) is 113 cm³/mol. The molecule has 152 valence electrons. The second-order valence-corrected chi connectivity index (χ2v) is 8.75.